The molecule has 1 N–H and O–H groups in total. The van der Waals surface area contributed by atoms with Gasteiger partial charge in [0.2, 0.25) is 5.91 Å². The number of carbonyl (C=O) groups excluding carboxylic acids is 1. The van der Waals surface area contributed by atoms with E-state index in [9.17, 15) is 4.79 Å². The number of nitrogens with zero attached hydrogens (tertiary/aromatic N) is 2. The lowest BCUT2D eigenvalue weighted by Gasteiger charge is -2.12. The average Bonchev–Trinajstić information content (AvgIpc) is 3.21. The van der Waals surface area contributed by atoms with Gasteiger partial charge in [0.1, 0.15) is 5.82 Å². The van der Waals surface area contributed by atoms with Gasteiger partial charge < -0.3 is 5.32 Å². The molecule has 2 aromatic carbocycles. The van der Waals surface area contributed by atoms with Crippen molar-refractivity contribution >= 4 is 23.5 Å². The molecule has 0 aliphatic carbocycles. The van der Waals surface area contributed by atoms with Crippen LogP contribution in [0.4, 0.5) is 5.82 Å². The minimum Gasteiger partial charge on any atom is -0.310 e. The van der Waals surface area contributed by atoms with Gasteiger partial charge in [-0.1, -0.05) is 36.4 Å². The van der Waals surface area contributed by atoms with Crippen molar-refractivity contribution in [1.29, 1.82) is 0 Å². The SMILES string of the molecule is Cc1ccc(-n2nc3c(c2NC(=O)Cc2ccccc2)CSC3)cc1C. The minimum absolute atomic E-state index is 0.0131. The average molecular weight is 363 g/mol. The molecule has 2 heterocycles. The molecular weight excluding hydrogens is 342 g/mol. The fraction of sp³-hybridized carbons (Fsp3) is 0.238. The molecule has 1 aliphatic heterocycles. The van der Waals surface area contributed by atoms with Gasteiger partial charge in [-0.15, -0.1) is 0 Å². The van der Waals surface area contributed by atoms with E-state index in [4.69, 9.17) is 5.10 Å². The second kappa shape index (κ2) is 7.00. The molecule has 26 heavy (non-hydrogen) atoms. The molecule has 0 saturated heterocycles. The maximum absolute atomic E-state index is 12.6. The zero-order valence-electron chi connectivity index (χ0n) is 15.0. The topological polar surface area (TPSA) is 46.9 Å². The first-order valence-corrected chi connectivity index (χ1v) is 9.87. The van der Waals surface area contributed by atoms with E-state index in [-0.39, 0.29) is 5.91 Å². The normalized spacial score (nSPS) is 12.8. The third kappa shape index (κ3) is 3.27. The van der Waals surface area contributed by atoms with Crippen LogP contribution in [0.2, 0.25) is 0 Å². The Labute approximate surface area is 157 Å². The van der Waals surface area contributed by atoms with Gasteiger partial charge in [0.05, 0.1) is 17.8 Å². The third-order valence-corrected chi connectivity index (χ3v) is 5.72. The Kier molecular flexibility index (Phi) is 4.55. The van der Waals surface area contributed by atoms with Crippen LogP contribution in [-0.4, -0.2) is 15.7 Å². The molecule has 4 nitrogen and oxygen atoms in total. The van der Waals surface area contributed by atoms with Crippen LogP contribution in [0.3, 0.4) is 0 Å². The summed E-state index contributed by atoms with van der Waals surface area (Å²) < 4.78 is 1.89. The molecule has 1 aliphatic rings. The van der Waals surface area contributed by atoms with E-state index >= 15 is 0 Å². The smallest absolute Gasteiger partial charge is 0.229 e. The van der Waals surface area contributed by atoms with E-state index in [2.05, 4.69) is 37.4 Å². The van der Waals surface area contributed by atoms with Crippen LogP contribution in [0.1, 0.15) is 27.9 Å². The number of hydrogen-bond acceptors (Lipinski definition) is 3. The summed E-state index contributed by atoms with van der Waals surface area (Å²) >= 11 is 1.84. The largest absolute Gasteiger partial charge is 0.310 e. The predicted molar refractivity (Wildman–Crippen MR) is 107 cm³/mol. The van der Waals surface area contributed by atoms with E-state index in [0.717, 1.165) is 39.8 Å². The van der Waals surface area contributed by atoms with Gasteiger partial charge in [0.25, 0.3) is 0 Å². The van der Waals surface area contributed by atoms with Crippen LogP contribution < -0.4 is 5.32 Å². The first-order valence-electron chi connectivity index (χ1n) is 8.72. The van der Waals surface area contributed by atoms with Crippen LogP contribution in [0.15, 0.2) is 48.5 Å². The lowest BCUT2D eigenvalue weighted by Crippen LogP contribution is -2.18. The maximum Gasteiger partial charge on any atom is 0.229 e. The molecule has 1 amide bonds. The standard InChI is InChI=1S/C21H21N3OS/c1-14-8-9-17(10-15(14)2)24-21(18-12-26-13-19(18)23-24)22-20(25)11-16-6-4-3-5-7-16/h3-10H,11-13H2,1-2H3,(H,22,25). The quantitative estimate of drug-likeness (QED) is 0.746. The number of aromatic nitrogens is 2. The fourth-order valence-corrected chi connectivity index (χ4v) is 4.18. The molecule has 0 radical (unpaired) electrons. The van der Waals surface area contributed by atoms with Crippen molar-refractivity contribution in [3.05, 3.63) is 76.5 Å². The van der Waals surface area contributed by atoms with Crippen molar-refractivity contribution in [2.45, 2.75) is 31.8 Å². The molecule has 0 bridgehead atoms. The summed E-state index contributed by atoms with van der Waals surface area (Å²) in [5, 5.41) is 7.89. The van der Waals surface area contributed by atoms with Crippen molar-refractivity contribution in [3.8, 4) is 5.69 Å². The summed E-state index contributed by atoms with van der Waals surface area (Å²) in [7, 11) is 0. The monoisotopic (exact) mass is 363 g/mol. The van der Waals surface area contributed by atoms with Crippen molar-refractivity contribution in [2.24, 2.45) is 0 Å². The summed E-state index contributed by atoms with van der Waals surface area (Å²) in [4.78, 5) is 12.6. The van der Waals surface area contributed by atoms with E-state index in [0.29, 0.717) is 6.42 Å². The maximum atomic E-state index is 12.6. The van der Waals surface area contributed by atoms with Crippen LogP contribution in [-0.2, 0) is 22.7 Å². The molecule has 0 fully saturated rings. The molecule has 132 valence electrons. The second-order valence-electron chi connectivity index (χ2n) is 6.66. The molecule has 1 aromatic heterocycles. The van der Waals surface area contributed by atoms with Crippen molar-refractivity contribution in [3.63, 3.8) is 0 Å². The van der Waals surface area contributed by atoms with Crippen molar-refractivity contribution in [1.82, 2.24) is 9.78 Å². The number of hydrogen-bond donors (Lipinski definition) is 1. The van der Waals surface area contributed by atoms with E-state index in [1.807, 2.05) is 46.8 Å². The highest BCUT2D eigenvalue weighted by atomic mass is 32.2. The molecule has 4 rings (SSSR count). The molecule has 3 aromatic rings. The Bertz CT molecular complexity index is 963. The Hall–Kier alpha value is -2.53. The van der Waals surface area contributed by atoms with Crippen LogP contribution >= 0.6 is 11.8 Å². The Balaban J connectivity index is 1.66. The van der Waals surface area contributed by atoms with Crippen LogP contribution in [0.5, 0.6) is 0 Å². The first kappa shape index (κ1) is 16.9. The number of aryl methyl sites for hydroxylation is 2. The van der Waals surface area contributed by atoms with Gasteiger partial charge in [-0.3, -0.25) is 4.79 Å². The number of thioether (sulfide) groups is 1. The number of carbonyl (C=O) groups is 1. The molecule has 0 spiro atoms. The lowest BCUT2D eigenvalue weighted by atomic mass is 10.1. The summed E-state index contributed by atoms with van der Waals surface area (Å²) in [6.45, 7) is 4.20. The van der Waals surface area contributed by atoms with E-state index in [1.165, 1.54) is 11.1 Å². The lowest BCUT2D eigenvalue weighted by molar-refractivity contribution is -0.115. The number of benzene rings is 2. The van der Waals surface area contributed by atoms with E-state index < -0.39 is 0 Å². The van der Waals surface area contributed by atoms with Crippen LogP contribution in [0, 0.1) is 13.8 Å². The Morgan fingerprint density at radius 3 is 2.69 bits per heavy atom. The van der Waals surface area contributed by atoms with Crippen LogP contribution in [0.25, 0.3) is 5.69 Å². The Morgan fingerprint density at radius 2 is 1.92 bits per heavy atom. The molecule has 0 saturated carbocycles. The minimum atomic E-state index is -0.0131. The predicted octanol–water partition coefficient (Wildman–Crippen LogP) is 4.42. The molecule has 5 heteroatoms. The highest BCUT2D eigenvalue weighted by molar-refractivity contribution is 7.98. The third-order valence-electron chi connectivity index (χ3n) is 4.75. The summed E-state index contributed by atoms with van der Waals surface area (Å²) in [6.07, 6.45) is 0.362. The van der Waals surface area contributed by atoms with Gasteiger partial charge in [-0.05, 0) is 42.7 Å². The summed E-state index contributed by atoms with van der Waals surface area (Å²) in [5.41, 5.74) is 6.68. The van der Waals surface area contributed by atoms with Crippen molar-refractivity contribution < 1.29 is 4.79 Å². The van der Waals surface area contributed by atoms with Gasteiger partial charge in [0.15, 0.2) is 0 Å². The number of amides is 1. The number of rotatable bonds is 4. The van der Waals surface area contributed by atoms with Gasteiger partial charge in [-0.25, -0.2) is 4.68 Å². The first-order chi connectivity index (χ1) is 12.6. The van der Waals surface area contributed by atoms with Gasteiger partial charge >= 0.3 is 0 Å². The number of anilines is 1. The highest BCUT2D eigenvalue weighted by Gasteiger charge is 2.24. The Morgan fingerprint density at radius 1 is 1.12 bits per heavy atom. The van der Waals surface area contributed by atoms with Gasteiger partial charge in [-0.2, -0.15) is 16.9 Å². The zero-order chi connectivity index (χ0) is 18.1. The summed E-state index contributed by atoms with van der Waals surface area (Å²) in [6, 6.07) is 16.1. The highest BCUT2D eigenvalue weighted by Crippen LogP contribution is 2.36. The second-order valence-corrected chi connectivity index (χ2v) is 7.64. The van der Waals surface area contributed by atoms with Gasteiger partial charge in [0, 0.05) is 17.1 Å². The number of fused-ring (bicyclic) bond motifs is 1. The zero-order valence-corrected chi connectivity index (χ0v) is 15.8. The van der Waals surface area contributed by atoms with E-state index in [1.54, 1.807) is 0 Å². The fourth-order valence-electron chi connectivity index (χ4n) is 3.14. The summed E-state index contributed by atoms with van der Waals surface area (Å²) in [5.74, 6) is 2.59. The molecular formula is C21H21N3OS. The van der Waals surface area contributed by atoms with Crippen molar-refractivity contribution in [2.75, 3.05) is 5.32 Å². The number of nitrogens with one attached hydrogen (secondary N) is 1. The molecule has 0 unspecified atom stereocenters. The molecule has 0 atom stereocenters.